The van der Waals surface area contributed by atoms with Crippen molar-refractivity contribution >= 4 is 17.8 Å². The molecular formula is C27H44N2O8. The fourth-order valence-electron chi connectivity index (χ4n) is 3.34. The van der Waals surface area contributed by atoms with Gasteiger partial charge in [-0.05, 0) is 38.5 Å². The van der Waals surface area contributed by atoms with E-state index in [-0.39, 0.29) is 29.4 Å². The van der Waals surface area contributed by atoms with Gasteiger partial charge in [0.25, 0.3) is 5.91 Å². The van der Waals surface area contributed by atoms with Crippen LogP contribution in [-0.2, 0) is 23.8 Å². The molecule has 1 fully saturated rings. The minimum absolute atomic E-state index is 0.00609. The third-order valence-corrected chi connectivity index (χ3v) is 5.66. The van der Waals surface area contributed by atoms with Gasteiger partial charge < -0.3 is 29.0 Å². The molecule has 1 aromatic heterocycles. The summed E-state index contributed by atoms with van der Waals surface area (Å²) >= 11 is 0. The van der Waals surface area contributed by atoms with E-state index in [2.05, 4.69) is 31.1 Å². The van der Waals surface area contributed by atoms with Crippen LogP contribution in [0, 0.1) is 5.92 Å². The maximum Gasteiger partial charge on any atom is 0.328 e. The van der Waals surface area contributed by atoms with E-state index in [1.807, 2.05) is 13.8 Å². The Morgan fingerprint density at radius 1 is 1.24 bits per heavy atom. The smallest absolute Gasteiger partial charge is 0.328 e. The van der Waals surface area contributed by atoms with Crippen LogP contribution in [0.4, 0.5) is 0 Å². The van der Waals surface area contributed by atoms with Crippen molar-refractivity contribution in [1.82, 2.24) is 10.3 Å². The highest BCUT2D eigenvalue weighted by Crippen LogP contribution is 2.30. The molecule has 0 radical (unpaired) electrons. The number of nitrogens with zero attached hydrogens (tertiary/aromatic N) is 1. The van der Waals surface area contributed by atoms with Gasteiger partial charge in [-0.15, -0.1) is 0 Å². The van der Waals surface area contributed by atoms with Crippen LogP contribution in [0.5, 0.6) is 11.5 Å². The Kier molecular flexibility index (Phi) is 15.3. The monoisotopic (exact) mass is 524 g/mol. The molecule has 2 unspecified atom stereocenters. The van der Waals surface area contributed by atoms with E-state index in [9.17, 15) is 14.4 Å². The Labute approximate surface area is 220 Å². The number of pyridine rings is 1. The number of ether oxygens (including phenoxy) is 5. The predicted molar refractivity (Wildman–Crippen MR) is 138 cm³/mol. The summed E-state index contributed by atoms with van der Waals surface area (Å²) in [4.78, 5) is 40.7. The highest BCUT2D eigenvalue weighted by atomic mass is 16.7. The summed E-state index contributed by atoms with van der Waals surface area (Å²) in [6, 6.07) is 0.663. The molecule has 0 aromatic carbocycles. The Bertz CT molecular complexity index is 846. The minimum atomic E-state index is -0.843. The van der Waals surface area contributed by atoms with Crippen LogP contribution in [0.3, 0.4) is 0 Å². The maximum absolute atomic E-state index is 13.0. The van der Waals surface area contributed by atoms with E-state index in [1.165, 1.54) is 32.7 Å². The lowest BCUT2D eigenvalue weighted by atomic mass is 10.0. The van der Waals surface area contributed by atoms with Crippen molar-refractivity contribution in [3.8, 4) is 11.5 Å². The van der Waals surface area contributed by atoms with Crippen molar-refractivity contribution in [2.75, 3.05) is 20.5 Å². The number of amides is 1. The maximum atomic E-state index is 13.0. The third-order valence-electron chi connectivity index (χ3n) is 5.66. The first-order valence-electron chi connectivity index (χ1n) is 13.0. The summed E-state index contributed by atoms with van der Waals surface area (Å²) in [5.74, 6) is -0.551. The van der Waals surface area contributed by atoms with Gasteiger partial charge in [-0.2, -0.15) is 0 Å². The number of carbonyl (C=O) groups is 3. The Morgan fingerprint density at radius 3 is 2.54 bits per heavy atom. The lowest BCUT2D eigenvalue weighted by molar-refractivity contribution is -0.152. The first-order chi connectivity index (χ1) is 17.6. The molecule has 10 heteroatoms. The summed E-state index contributed by atoms with van der Waals surface area (Å²) in [6.07, 6.45) is 5.73. The molecule has 1 N–H and O–H groups in total. The van der Waals surface area contributed by atoms with Gasteiger partial charge in [0.15, 0.2) is 17.2 Å². The SMILES string of the molecule is CCC(C)C.CCCOC1CCC[C@H](NC(=O)c2nccc(OC)c2OCOC(C)=O)C(=O)OC(C)C1. The molecule has 1 aliphatic rings. The second-order valence-electron chi connectivity index (χ2n) is 9.32. The second kappa shape index (κ2) is 17.6. The van der Waals surface area contributed by atoms with Crippen LogP contribution in [0.1, 0.15) is 90.6 Å². The molecule has 1 aromatic rings. The lowest BCUT2D eigenvalue weighted by Crippen LogP contribution is -2.43. The van der Waals surface area contributed by atoms with Crippen molar-refractivity contribution in [3.05, 3.63) is 18.0 Å². The highest BCUT2D eigenvalue weighted by Gasteiger charge is 2.30. The molecule has 0 bridgehead atoms. The van der Waals surface area contributed by atoms with E-state index in [0.29, 0.717) is 25.9 Å². The molecule has 0 saturated carbocycles. The molecule has 1 aliphatic heterocycles. The zero-order valence-corrected chi connectivity index (χ0v) is 23.3. The number of methoxy groups -OCH3 is 1. The van der Waals surface area contributed by atoms with Crippen molar-refractivity contribution in [1.29, 1.82) is 0 Å². The molecule has 210 valence electrons. The summed E-state index contributed by atoms with van der Waals surface area (Å²) in [7, 11) is 1.41. The average Bonchev–Trinajstić information content (AvgIpc) is 2.91. The molecule has 2 rings (SSSR count). The fraction of sp³-hybridized carbons (Fsp3) is 0.704. The highest BCUT2D eigenvalue weighted by molar-refractivity contribution is 5.98. The number of aromatic nitrogens is 1. The summed E-state index contributed by atoms with van der Waals surface area (Å²) in [6.45, 7) is 12.0. The van der Waals surface area contributed by atoms with E-state index >= 15 is 0 Å². The zero-order valence-electron chi connectivity index (χ0n) is 23.3. The lowest BCUT2D eigenvalue weighted by Gasteiger charge is -2.21. The number of cyclic esters (lactones) is 1. The van der Waals surface area contributed by atoms with Gasteiger partial charge in [0.2, 0.25) is 6.79 Å². The van der Waals surface area contributed by atoms with Gasteiger partial charge in [0, 0.05) is 32.2 Å². The molecule has 10 nitrogen and oxygen atoms in total. The van der Waals surface area contributed by atoms with E-state index < -0.39 is 30.7 Å². The zero-order chi connectivity index (χ0) is 27.8. The number of esters is 2. The molecule has 3 atom stereocenters. The average molecular weight is 525 g/mol. The number of hydrogen-bond donors (Lipinski definition) is 1. The van der Waals surface area contributed by atoms with Gasteiger partial charge in [-0.3, -0.25) is 9.59 Å². The molecule has 0 aliphatic carbocycles. The van der Waals surface area contributed by atoms with Crippen LogP contribution in [0.2, 0.25) is 0 Å². The van der Waals surface area contributed by atoms with E-state index in [4.69, 9.17) is 23.7 Å². The number of carbonyl (C=O) groups excluding carboxylic acids is 3. The topological polar surface area (TPSA) is 122 Å². The van der Waals surface area contributed by atoms with Gasteiger partial charge in [0.1, 0.15) is 12.1 Å². The van der Waals surface area contributed by atoms with Crippen LogP contribution in [0.25, 0.3) is 0 Å². The van der Waals surface area contributed by atoms with Crippen molar-refractivity contribution in [2.45, 2.75) is 98.3 Å². The Balaban J connectivity index is 0.00000124. The first kappa shape index (κ1) is 32.1. The molecule has 0 spiro atoms. The Hall–Kier alpha value is -2.88. The molecule has 1 saturated heterocycles. The Morgan fingerprint density at radius 2 is 1.95 bits per heavy atom. The standard InChI is InChI=1S/C22H32N2O8.C5H12/c1-5-11-29-16-7-6-8-17(22(27)32-14(2)12-16)24-21(26)19-20(31-13-30-15(3)25)18(28-4)9-10-23-19;1-4-5(2)3/h9-10,14,16-17H,5-8,11-13H2,1-4H3,(H,24,26);5H,4H2,1-3H3/t14?,16?,17-;/m0./s1. The predicted octanol–water partition coefficient (Wildman–Crippen LogP) is 4.44. The third kappa shape index (κ3) is 12.3. The van der Waals surface area contributed by atoms with Gasteiger partial charge in [-0.1, -0.05) is 34.1 Å². The largest absolute Gasteiger partial charge is 0.493 e. The van der Waals surface area contributed by atoms with E-state index in [0.717, 1.165) is 18.8 Å². The summed E-state index contributed by atoms with van der Waals surface area (Å²) < 4.78 is 26.8. The van der Waals surface area contributed by atoms with Crippen LogP contribution < -0.4 is 14.8 Å². The van der Waals surface area contributed by atoms with Crippen molar-refractivity contribution in [3.63, 3.8) is 0 Å². The second-order valence-corrected chi connectivity index (χ2v) is 9.32. The van der Waals surface area contributed by atoms with Crippen molar-refractivity contribution in [2.24, 2.45) is 5.92 Å². The molecule has 2 heterocycles. The van der Waals surface area contributed by atoms with Gasteiger partial charge >= 0.3 is 11.9 Å². The first-order valence-corrected chi connectivity index (χ1v) is 13.0. The number of hydrogen-bond acceptors (Lipinski definition) is 9. The quantitative estimate of drug-likeness (QED) is 0.349. The van der Waals surface area contributed by atoms with Crippen LogP contribution >= 0.6 is 0 Å². The summed E-state index contributed by atoms with van der Waals surface area (Å²) in [5.41, 5.74) is -0.0959. The fourth-order valence-corrected chi connectivity index (χ4v) is 3.34. The van der Waals surface area contributed by atoms with Crippen molar-refractivity contribution < 1.29 is 38.1 Å². The minimum Gasteiger partial charge on any atom is -0.493 e. The molecule has 1 amide bonds. The number of nitrogens with one attached hydrogen (secondary N) is 1. The molecular weight excluding hydrogens is 480 g/mol. The van der Waals surface area contributed by atoms with E-state index in [1.54, 1.807) is 0 Å². The molecule has 37 heavy (non-hydrogen) atoms. The van der Waals surface area contributed by atoms with Gasteiger partial charge in [0.05, 0.1) is 13.2 Å². The van der Waals surface area contributed by atoms with Gasteiger partial charge in [-0.25, -0.2) is 9.78 Å². The van der Waals surface area contributed by atoms with Crippen LogP contribution in [-0.4, -0.2) is 61.6 Å². The summed E-state index contributed by atoms with van der Waals surface area (Å²) in [5, 5.41) is 2.69. The van der Waals surface area contributed by atoms with Crippen LogP contribution in [0.15, 0.2) is 12.3 Å². The number of rotatable bonds is 10. The normalized spacial score (nSPS) is 19.8.